The first-order valence-corrected chi connectivity index (χ1v) is 6.20. The lowest BCUT2D eigenvalue weighted by molar-refractivity contribution is 0.0238. The van der Waals surface area contributed by atoms with Crippen LogP contribution in [0.15, 0.2) is 0 Å². The van der Waals surface area contributed by atoms with Gasteiger partial charge in [0.1, 0.15) is 0 Å². The molecule has 15 heavy (non-hydrogen) atoms. The first-order valence-electron chi connectivity index (χ1n) is 6.20. The molecule has 0 aliphatic carbocycles. The largest absolute Gasteiger partial charge is 0.379 e. The maximum absolute atomic E-state index is 5.21. The Morgan fingerprint density at radius 1 is 0.933 bits per heavy atom. The molecule has 2 heterocycles. The fraction of sp³-hybridized carbons (Fsp3) is 1.00. The molecule has 0 radical (unpaired) electrons. The van der Waals surface area contributed by atoms with Crippen molar-refractivity contribution in [2.24, 2.45) is 0 Å². The Hall–Kier alpha value is -0.120. The highest BCUT2D eigenvalue weighted by molar-refractivity contribution is 4.64. The Kier molecular flexibility index (Phi) is 6.22. The van der Waals surface area contributed by atoms with E-state index in [0.29, 0.717) is 6.04 Å². The van der Waals surface area contributed by atoms with Crippen molar-refractivity contribution in [1.29, 1.82) is 0 Å². The van der Waals surface area contributed by atoms with Crippen molar-refractivity contribution < 1.29 is 4.74 Å². The quantitative estimate of drug-likeness (QED) is 0.657. The van der Waals surface area contributed by atoms with Gasteiger partial charge in [0.05, 0.1) is 13.2 Å². The smallest absolute Gasteiger partial charge is 0.0594 e. The van der Waals surface area contributed by atoms with Gasteiger partial charge in [-0.1, -0.05) is 0 Å². The van der Waals surface area contributed by atoms with Crippen LogP contribution >= 0.6 is 0 Å². The highest BCUT2D eigenvalue weighted by Crippen LogP contribution is 2.02. The van der Waals surface area contributed by atoms with Crippen LogP contribution in [0.2, 0.25) is 0 Å². The molecule has 0 saturated carbocycles. The second-order valence-corrected chi connectivity index (χ2v) is 4.75. The minimum Gasteiger partial charge on any atom is -0.379 e. The van der Waals surface area contributed by atoms with Gasteiger partial charge in [-0.05, 0) is 46.8 Å². The highest BCUT2D eigenvalue weighted by Gasteiger charge is 2.11. The molecule has 0 N–H and O–H groups in total. The van der Waals surface area contributed by atoms with Crippen molar-refractivity contribution in [3.05, 3.63) is 0 Å². The lowest BCUT2D eigenvalue weighted by atomic mass is 10.3. The minimum absolute atomic E-state index is 0.689. The summed E-state index contributed by atoms with van der Waals surface area (Å²) in [6, 6.07) is 0.689. The first-order chi connectivity index (χ1) is 7.20. The van der Waals surface area contributed by atoms with Gasteiger partial charge >= 0.3 is 0 Å². The van der Waals surface area contributed by atoms with E-state index in [4.69, 9.17) is 4.74 Å². The molecule has 0 amide bonds. The number of hydrogen-bond acceptors (Lipinski definition) is 3. The molecule has 3 nitrogen and oxygen atoms in total. The monoisotopic (exact) mass is 214 g/mol. The van der Waals surface area contributed by atoms with Gasteiger partial charge in [-0.2, -0.15) is 0 Å². The number of morpholine rings is 1. The van der Waals surface area contributed by atoms with Gasteiger partial charge < -0.3 is 9.64 Å². The van der Waals surface area contributed by atoms with Crippen molar-refractivity contribution in [2.75, 3.05) is 46.4 Å². The summed E-state index contributed by atoms with van der Waals surface area (Å²) < 4.78 is 5.21. The summed E-state index contributed by atoms with van der Waals surface area (Å²) in [7, 11) is 2.17. The topological polar surface area (TPSA) is 15.7 Å². The van der Waals surface area contributed by atoms with Gasteiger partial charge in [-0.25, -0.2) is 0 Å². The highest BCUT2D eigenvalue weighted by atomic mass is 16.5. The Labute approximate surface area is 94.4 Å². The van der Waals surface area contributed by atoms with Crippen LogP contribution in [-0.4, -0.2) is 62.3 Å². The van der Waals surface area contributed by atoms with Crippen LogP contribution in [0.3, 0.4) is 0 Å². The van der Waals surface area contributed by atoms with Crippen molar-refractivity contribution >= 4 is 0 Å². The summed E-state index contributed by atoms with van der Waals surface area (Å²) >= 11 is 0. The molecular formula is C12H26N2O. The summed E-state index contributed by atoms with van der Waals surface area (Å²) in [5.74, 6) is 0. The maximum Gasteiger partial charge on any atom is 0.0594 e. The fourth-order valence-corrected chi connectivity index (χ4v) is 1.97. The normalized spacial score (nSPS) is 24.0. The number of ether oxygens (including phenoxy) is 1. The van der Waals surface area contributed by atoms with Crippen molar-refractivity contribution in [2.45, 2.75) is 32.7 Å². The lowest BCUT2D eigenvalue weighted by Gasteiger charge is -2.29. The first kappa shape index (κ1) is 12.9. The summed E-state index contributed by atoms with van der Waals surface area (Å²) in [5.41, 5.74) is 0. The van der Waals surface area contributed by atoms with E-state index in [2.05, 4.69) is 30.7 Å². The van der Waals surface area contributed by atoms with E-state index in [9.17, 15) is 0 Å². The van der Waals surface area contributed by atoms with E-state index in [1.807, 2.05) is 0 Å². The van der Waals surface area contributed by atoms with Gasteiger partial charge in [0.15, 0.2) is 0 Å². The molecule has 0 spiro atoms. The molecule has 2 fully saturated rings. The molecule has 2 aliphatic heterocycles. The molecule has 0 aromatic heterocycles. The molecule has 0 atom stereocenters. The van der Waals surface area contributed by atoms with Crippen molar-refractivity contribution in [3.8, 4) is 0 Å². The molecule has 0 unspecified atom stereocenters. The fourth-order valence-electron chi connectivity index (χ4n) is 1.97. The Morgan fingerprint density at radius 3 is 1.73 bits per heavy atom. The Morgan fingerprint density at radius 2 is 1.47 bits per heavy atom. The second kappa shape index (κ2) is 7.20. The summed E-state index contributed by atoms with van der Waals surface area (Å²) in [4.78, 5) is 4.80. The number of hydrogen-bond donors (Lipinski definition) is 0. The third kappa shape index (κ3) is 5.50. The zero-order valence-corrected chi connectivity index (χ0v) is 10.5. The third-order valence-electron chi connectivity index (χ3n) is 3.11. The van der Waals surface area contributed by atoms with Gasteiger partial charge in [-0.15, -0.1) is 0 Å². The van der Waals surface area contributed by atoms with Gasteiger partial charge in [-0.3, -0.25) is 4.90 Å². The zero-order chi connectivity index (χ0) is 11.1. The Bertz CT molecular complexity index is 150. The number of nitrogens with zero attached hydrogens (tertiary/aromatic N) is 2. The van der Waals surface area contributed by atoms with E-state index in [1.165, 1.54) is 25.9 Å². The van der Waals surface area contributed by atoms with Crippen LogP contribution < -0.4 is 0 Å². The molecule has 90 valence electrons. The summed E-state index contributed by atoms with van der Waals surface area (Å²) in [6.45, 7) is 11.1. The predicted octanol–water partition coefficient (Wildman–Crippen LogP) is 1.44. The van der Waals surface area contributed by atoms with E-state index in [1.54, 1.807) is 0 Å². The maximum atomic E-state index is 5.21. The summed E-state index contributed by atoms with van der Waals surface area (Å²) in [5, 5.41) is 0. The average Bonchev–Trinajstić information content (AvgIpc) is 2.71. The zero-order valence-electron chi connectivity index (χ0n) is 10.5. The number of rotatable bonds is 1. The van der Waals surface area contributed by atoms with E-state index >= 15 is 0 Å². The lowest BCUT2D eigenvalue weighted by Crippen LogP contribution is -2.40. The van der Waals surface area contributed by atoms with E-state index in [-0.39, 0.29) is 0 Å². The van der Waals surface area contributed by atoms with Gasteiger partial charge in [0.2, 0.25) is 0 Å². The van der Waals surface area contributed by atoms with Crippen LogP contribution in [0.4, 0.5) is 0 Å². The predicted molar refractivity (Wildman–Crippen MR) is 64.3 cm³/mol. The van der Waals surface area contributed by atoms with Gasteiger partial charge in [0, 0.05) is 19.1 Å². The standard InChI is InChI=1S/C7H15NO.C5H11N/c1-7(2)8-3-5-9-6-4-8;1-6-4-2-3-5-6/h7H,3-6H2,1-2H3;2-5H2,1H3. The number of likely N-dealkylation sites (tertiary alicyclic amines) is 1. The van der Waals surface area contributed by atoms with Crippen LogP contribution in [0.1, 0.15) is 26.7 Å². The van der Waals surface area contributed by atoms with Crippen LogP contribution in [0.5, 0.6) is 0 Å². The van der Waals surface area contributed by atoms with E-state index < -0.39 is 0 Å². The average molecular weight is 214 g/mol. The molecular weight excluding hydrogens is 188 g/mol. The molecule has 3 heteroatoms. The van der Waals surface area contributed by atoms with Gasteiger partial charge in [0.25, 0.3) is 0 Å². The SMILES string of the molecule is CC(C)N1CCOCC1.CN1CCCC1. The molecule has 2 saturated heterocycles. The van der Waals surface area contributed by atoms with Crippen LogP contribution in [0, 0.1) is 0 Å². The molecule has 0 bridgehead atoms. The van der Waals surface area contributed by atoms with E-state index in [0.717, 1.165) is 26.3 Å². The second-order valence-electron chi connectivity index (χ2n) is 4.75. The molecule has 2 rings (SSSR count). The molecule has 2 aliphatic rings. The van der Waals surface area contributed by atoms with Crippen molar-refractivity contribution in [3.63, 3.8) is 0 Å². The molecule has 0 aromatic carbocycles. The van der Waals surface area contributed by atoms with Crippen LogP contribution in [0.25, 0.3) is 0 Å². The van der Waals surface area contributed by atoms with Crippen molar-refractivity contribution in [1.82, 2.24) is 9.80 Å². The molecule has 0 aromatic rings. The van der Waals surface area contributed by atoms with Crippen LogP contribution in [-0.2, 0) is 4.74 Å². The Balaban J connectivity index is 0.000000162. The summed E-state index contributed by atoms with van der Waals surface area (Å²) in [6.07, 6.45) is 2.83. The third-order valence-corrected chi connectivity index (χ3v) is 3.11. The minimum atomic E-state index is 0.689.